The highest BCUT2D eigenvalue weighted by Gasteiger charge is 2.33. The number of alkyl halides is 3. The van der Waals surface area contributed by atoms with Gasteiger partial charge >= 0.3 is 6.18 Å². The van der Waals surface area contributed by atoms with Crippen molar-refractivity contribution in [1.82, 2.24) is 84.9 Å². The molecular weight excluding hydrogens is 1920 g/mol. The number of thiophene rings is 5. The molecule has 36 heteroatoms. The van der Waals surface area contributed by atoms with Crippen LogP contribution in [0, 0.1) is 6.92 Å². The smallest absolute Gasteiger partial charge is 0.393 e. The lowest BCUT2D eigenvalue weighted by Crippen LogP contribution is -2.47. The van der Waals surface area contributed by atoms with Crippen LogP contribution in [0.5, 0.6) is 0 Å². The number of carbonyl (C=O) groups is 2. The number of hydrogen-bond donors (Lipinski definition) is 7. The first-order chi connectivity index (χ1) is 70.5. The number of carbonyl (C=O) groups excluding carboxylic acids is 2. The predicted molar refractivity (Wildman–Crippen MR) is 573 cm³/mol. The molecule has 1 aliphatic carbocycles. The lowest BCUT2D eigenvalue weighted by molar-refractivity contribution is -0.137. The summed E-state index contributed by atoms with van der Waals surface area (Å²) >= 11 is 8.02. The molecule has 0 unspecified atom stereocenters. The molecule has 730 valence electrons. The molecule has 1 saturated carbocycles. The molecule has 5 aromatic carbocycles. The highest BCUT2D eigenvalue weighted by Crippen LogP contribution is 2.46. The Morgan fingerprint density at radius 3 is 1.38 bits per heavy atom. The summed E-state index contributed by atoms with van der Waals surface area (Å²) in [7, 11) is 1.61. The molecule has 19 aromatic rings. The van der Waals surface area contributed by atoms with E-state index in [0.717, 1.165) is 195 Å². The molecule has 28 nitrogen and oxygen atoms in total. The molecule has 0 radical (unpaired) electrons. The van der Waals surface area contributed by atoms with Gasteiger partial charge in [0, 0.05) is 152 Å². The second-order valence-electron chi connectivity index (χ2n) is 34.5. The number of hydrogen-bond acceptors (Lipinski definition) is 31. The predicted octanol–water partition coefficient (Wildman–Crippen LogP) is 21.0. The second kappa shape index (κ2) is 46.5. The van der Waals surface area contributed by atoms with E-state index in [4.69, 9.17) is 39.6 Å². The van der Waals surface area contributed by atoms with E-state index in [0.29, 0.717) is 110 Å². The van der Waals surface area contributed by atoms with Gasteiger partial charge in [0.15, 0.2) is 23.3 Å². The van der Waals surface area contributed by atoms with Crippen LogP contribution in [0.1, 0.15) is 49.0 Å². The van der Waals surface area contributed by atoms with Crippen molar-refractivity contribution in [3.05, 3.63) is 288 Å². The summed E-state index contributed by atoms with van der Waals surface area (Å²) in [5, 5.41) is 49.3. The van der Waals surface area contributed by atoms with Crippen molar-refractivity contribution in [1.29, 1.82) is 0 Å². The fourth-order valence-corrected chi connectivity index (χ4v) is 22.2. The molecule has 7 N–H and O–H groups in total. The van der Waals surface area contributed by atoms with Gasteiger partial charge in [0.25, 0.3) is 0 Å². The lowest BCUT2D eigenvalue weighted by atomic mass is 9.93. The number of fused-ring (bicyclic) bond motifs is 5. The third kappa shape index (κ3) is 23.8. The molecule has 23 rings (SSSR count). The first kappa shape index (κ1) is 98.1. The fourth-order valence-electron chi connectivity index (χ4n) is 17.6. The molecule has 4 aliphatic rings. The third-order valence-corrected chi connectivity index (χ3v) is 29.5. The van der Waals surface area contributed by atoms with Gasteiger partial charge in [-0.3, -0.25) is 34.4 Å². The zero-order valence-electron chi connectivity index (χ0n) is 78.8. The fraction of sp³-hybridized carbons (Fsp3) is 0.241. The van der Waals surface area contributed by atoms with E-state index < -0.39 is 11.7 Å². The van der Waals surface area contributed by atoms with Crippen LogP contribution < -0.4 is 36.4 Å². The standard InChI is InChI=1S/C25H25N5O2S.C23H23N5OS.C23H22N4OS.C20H17N5OS.C17H15F3N4S/c1-16-21(17-7-3-2-4-8-17)22-24(27-15-20(32)30-13-10-18(31)11-14-30)28-23(29-25(22)33-16)19-9-5-6-12-26-19;1-2-6-17(7-3-1)18-16-30-23-20(18)22(25-10-11-28-12-14-29-15-13-28)26-21(27-23)19-8-4-5-9-24-19;28-17-11-9-16(10-12-17)25-22-20-18(15-6-2-1-3-7-15)14-29-23(20)27-21(26-22)19-8-4-5-13-24-19;1-21-16(26)11-23-19-17-14(13-7-3-2-4-8-13)12-27-20(17)25-18(24-19)15-9-5-6-10-22-15;18-17(19,20)12-2-1-3-13(10-12)23-5-7-24(8-6-23)15-14-4-9-25-16(14)22-11-21-15/h2-9,12,18,31H,10-11,13-15H2,1H3,(H,27,28,29);1-9,16H,10-15H2,(H,25,26,27);1-8,13-14,16-17,28H,9-12H2,(H,25,26,27);2-10,12H,11H2,1H3,(H,21,26)(H,23,24,25);1-4,9-11H,5-8H2. The lowest BCUT2D eigenvalue weighted by Gasteiger charge is -2.37. The number of rotatable bonds is 22. The Morgan fingerprint density at radius 1 is 0.438 bits per heavy atom. The SMILES string of the molecule is CNC(=O)CNc1nc(-c2ccccn2)nc2scc(-c3ccccc3)c12.Cc1sc2nc(-c3ccccn3)nc(NCC(=O)N3CCC(O)CC3)c2c1-c1ccccc1.FC(F)(F)c1cccc(N2CCN(c3ncnc4sccc34)CC2)c1.OC1CCC(Nc2nc(-c3ccccn3)nc3scc(-c4ccccc4)c23)CC1.c1ccc(-c2csc3nc(-c4ccccn4)nc(NCCN4CCOCC4)c23)cc1. The minimum absolute atomic E-state index is 0.00117. The summed E-state index contributed by atoms with van der Waals surface area (Å²) in [6.45, 7) is 11.6. The molecule has 2 amide bonds. The van der Waals surface area contributed by atoms with Crippen LogP contribution in [-0.2, 0) is 20.5 Å². The maximum atomic E-state index is 12.9. The molecule has 144 heavy (non-hydrogen) atoms. The summed E-state index contributed by atoms with van der Waals surface area (Å²) in [5.74, 6) is 6.12. The molecular formula is C108H102F3N23O5S5. The third-order valence-electron chi connectivity index (χ3n) is 25.1. The number of nitrogens with zero attached hydrogens (tertiary/aromatic N) is 18. The Bertz CT molecular complexity index is 7510. The molecule has 3 saturated heterocycles. The summed E-state index contributed by atoms with van der Waals surface area (Å²) in [4.78, 5) is 103. The zero-order valence-corrected chi connectivity index (χ0v) is 82.9. The number of anilines is 6. The number of benzene rings is 5. The first-order valence-corrected chi connectivity index (χ1v) is 51.9. The highest BCUT2D eigenvalue weighted by atomic mass is 32.1. The van der Waals surface area contributed by atoms with Crippen molar-refractivity contribution < 1.29 is 37.7 Å². The van der Waals surface area contributed by atoms with E-state index in [-0.39, 0.29) is 37.1 Å². The van der Waals surface area contributed by atoms with Crippen molar-refractivity contribution in [2.75, 3.05) is 130 Å². The van der Waals surface area contributed by atoms with Gasteiger partial charge in [-0.1, -0.05) is 152 Å². The number of aliphatic hydroxyl groups is 2. The molecule has 0 spiro atoms. The monoisotopic (exact) mass is 2020 g/mol. The quantitative estimate of drug-likeness (QED) is 0.0331. The number of nitrogens with one attached hydrogen (secondary N) is 5. The average Bonchev–Trinajstić information content (AvgIpc) is 1.62. The number of likely N-dealkylation sites (N-methyl/N-ethyl adjacent to an activating group) is 1. The van der Waals surface area contributed by atoms with Gasteiger partial charge in [0.2, 0.25) is 11.8 Å². The Hall–Kier alpha value is -14.7. The first-order valence-electron chi connectivity index (χ1n) is 47.6. The van der Waals surface area contributed by atoms with Crippen molar-refractivity contribution in [3.63, 3.8) is 0 Å². The van der Waals surface area contributed by atoms with Crippen molar-refractivity contribution in [2.45, 2.75) is 69.9 Å². The number of morpholine rings is 1. The average molecular weight is 2020 g/mol. The van der Waals surface area contributed by atoms with Gasteiger partial charge in [0.1, 0.15) is 82.3 Å². The number of aryl methyl sites for hydroxylation is 1. The molecule has 0 atom stereocenters. The number of likely N-dealkylation sites (tertiary alicyclic amines) is 1. The minimum atomic E-state index is -4.32. The number of aromatic nitrogens is 14. The normalized spacial score (nSPS) is 15.1. The van der Waals surface area contributed by atoms with E-state index in [1.54, 1.807) is 106 Å². The van der Waals surface area contributed by atoms with Gasteiger partial charge < -0.3 is 56.2 Å². The number of aliphatic hydroxyl groups excluding tert-OH is 2. The largest absolute Gasteiger partial charge is 0.416 e. The van der Waals surface area contributed by atoms with Gasteiger partial charge in [-0.15, -0.1) is 56.7 Å². The number of piperidine rings is 1. The number of ether oxygens (including phenoxy) is 1. The van der Waals surface area contributed by atoms with Gasteiger partial charge in [-0.2, -0.15) is 13.2 Å². The van der Waals surface area contributed by atoms with Crippen molar-refractivity contribution >= 4 is 154 Å². The van der Waals surface area contributed by atoms with Crippen LogP contribution in [0.2, 0.25) is 0 Å². The van der Waals surface area contributed by atoms with Gasteiger partial charge in [-0.25, -0.2) is 49.8 Å². The summed E-state index contributed by atoms with van der Waals surface area (Å²) in [5.41, 5.74) is 11.9. The Labute approximate surface area is 848 Å². The Morgan fingerprint density at radius 2 is 0.889 bits per heavy atom. The molecule has 14 aromatic heterocycles. The summed E-state index contributed by atoms with van der Waals surface area (Å²) in [6, 6.07) is 71.8. The topological polar surface area (TPSA) is 337 Å². The minimum Gasteiger partial charge on any atom is -0.393 e. The van der Waals surface area contributed by atoms with Crippen LogP contribution in [-0.4, -0.2) is 219 Å². The van der Waals surface area contributed by atoms with E-state index in [2.05, 4.69) is 167 Å². The maximum Gasteiger partial charge on any atom is 0.416 e. The summed E-state index contributed by atoms with van der Waals surface area (Å²) in [6.07, 6.45) is 8.51. The number of halogens is 3. The van der Waals surface area contributed by atoms with Crippen molar-refractivity contribution in [3.8, 4) is 90.6 Å². The van der Waals surface area contributed by atoms with Gasteiger partial charge in [0.05, 0.1) is 71.0 Å². The molecule has 3 aliphatic heterocycles. The molecule has 17 heterocycles. The van der Waals surface area contributed by atoms with E-state index >= 15 is 0 Å². The van der Waals surface area contributed by atoms with Crippen LogP contribution in [0.15, 0.2) is 277 Å². The van der Waals surface area contributed by atoms with Crippen LogP contribution in [0.4, 0.5) is 47.9 Å². The summed E-state index contributed by atoms with van der Waals surface area (Å²) < 4.78 is 44.1. The molecule has 4 fully saturated rings. The van der Waals surface area contributed by atoms with Crippen LogP contribution >= 0.6 is 56.7 Å². The number of pyridine rings is 4. The second-order valence-corrected chi connectivity index (χ2v) is 39.2. The van der Waals surface area contributed by atoms with Crippen LogP contribution in [0.25, 0.3) is 142 Å². The van der Waals surface area contributed by atoms with Crippen LogP contribution in [0.3, 0.4) is 0 Å². The highest BCUT2D eigenvalue weighted by molar-refractivity contribution is 7.19. The van der Waals surface area contributed by atoms with E-state index in [9.17, 15) is 33.0 Å². The van der Waals surface area contributed by atoms with E-state index in [1.807, 2.05) is 138 Å². The zero-order chi connectivity index (χ0) is 98.7. The Balaban J connectivity index is 0.000000114. The van der Waals surface area contributed by atoms with Crippen molar-refractivity contribution in [2.24, 2.45) is 0 Å². The number of piperazine rings is 1. The molecule has 0 bridgehead atoms. The Kier molecular flexibility index (Phi) is 31.7. The maximum absolute atomic E-state index is 12.9. The van der Waals surface area contributed by atoms with E-state index in [1.165, 1.54) is 17.7 Å². The van der Waals surface area contributed by atoms with Gasteiger partial charge in [-0.05, 0) is 146 Å². The number of amides is 2.